The number of carbonyl (C=O) groups is 7. The van der Waals surface area contributed by atoms with Crippen LogP contribution in [0.15, 0.2) is 30.3 Å². The number of ketones is 1. The summed E-state index contributed by atoms with van der Waals surface area (Å²) in [6.07, 6.45) is -1.66. The normalized spacial score (nSPS) is 28.6. The Bertz CT molecular complexity index is 1540. The summed E-state index contributed by atoms with van der Waals surface area (Å²) in [4.78, 5) is 99.1. The van der Waals surface area contributed by atoms with E-state index in [2.05, 4.69) is 16.2 Å². The predicted octanol–water partition coefficient (Wildman–Crippen LogP) is -2.44. The number of fused-ring (bicyclic) bond motifs is 2. The molecule has 0 saturated carbocycles. The number of benzene rings is 1. The topological polar surface area (TPSA) is 232 Å². The van der Waals surface area contributed by atoms with Crippen molar-refractivity contribution >= 4 is 41.2 Å². The third kappa shape index (κ3) is 8.75. The molecule has 18 heteroatoms. The second kappa shape index (κ2) is 16.5. The van der Waals surface area contributed by atoms with Gasteiger partial charge in [0.1, 0.15) is 30.2 Å². The number of aliphatic hydroxyl groups excluding tert-OH is 1. The molecule has 1 aromatic carbocycles. The molecule has 1 aromatic rings. The highest BCUT2D eigenvalue weighted by molar-refractivity contribution is 6.00. The summed E-state index contributed by atoms with van der Waals surface area (Å²) in [5, 5.41) is 37.9. The van der Waals surface area contributed by atoms with E-state index in [0.29, 0.717) is 5.56 Å². The first kappa shape index (κ1) is 40.3. The Morgan fingerprint density at radius 3 is 2.13 bits per heavy atom. The number of hydrazine groups is 2. The van der Waals surface area contributed by atoms with Crippen molar-refractivity contribution in [2.75, 3.05) is 33.7 Å². The molecule has 0 radical (unpaired) electrons. The molecule has 0 aromatic heterocycles. The van der Waals surface area contributed by atoms with Crippen LogP contribution in [0.5, 0.6) is 0 Å². The SMILES string of the molecule is CC[C@@H](C)[C@@H]1C(=O)N2NCC(=O)C[C@@H]2C(=O)N(C)[C@@H](C(C)(C)O)C(=O)N2NC[C@H](O)C[C@@H]2C(=O)N(C)CC(=O)N[C@H](Cc2ccccc2)C(=O)N1O. The number of carbonyl (C=O) groups excluding carboxylic acids is 7. The Balaban J connectivity index is 1.87. The van der Waals surface area contributed by atoms with Crippen molar-refractivity contribution in [2.45, 2.75) is 95.3 Å². The lowest BCUT2D eigenvalue weighted by Crippen LogP contribution is -2.71. The molecule has 3 aliphatic rings. The van der Waals surface area contributed by atoms with Gasteiger partial charge in [0.2, 0.25) is 17.7 Å². The van der Waals surface area contributed by atoms with E-state index >= 15 is 0 Å². The summed E-state index contributed by atoms with van der Waals surface area (Å²) in [7, 11) is 2.50. The predicted molar refractivity (Wildman–Crippen MR) is 182 cm³/mol. The summed E-state index contributed by atoms with van der Waals surface area (Å²) in [6.45, 7) is 4.75. The fraction of sp³-hybridized carbons (Fsp3) is 0.618. The quantitative estimate of drug-likeness (QED) is 0.174. The number of rotatable bonds is 5. The second-order valence-electron chi connectivity index (χ2n) is 14.3. The van der Waals surface area contributed by atoms with E-state index in [1.165, 1.54) is 27.9 Å². The molecule has 7 atom stereocenters. The molecule has 0 bridgehead atoms. The van der Waals surface area contributed by atoms with Crippen LogP contribution >= 0.6 is 0 Å². The summed E-state index contributed by atoms with van der Waals surface area (Å²) < 4.78 is 0. The van der Waals surface area contributed by atoms with Gasteiger partial charge in [-0.1, -0.05) is 50.6 Å². The Morgan fingerprint density at radius 2 is 1.52 bits per heavy atom. The van der Waals surface area contributed by atoms with Crippen molar-refractivity contribution in [2.24, 2.45) is 5.92 Å². The van der Waals surface area contributed by atoms with E-state index in [1.54, 1.807) is 44.2 Å². The molecule has 0 unspecified atom stereocenters. The van der Waals surface area contributed by atoms with Crippen LogP contribution in [0.2, 0.25) is 0 Å². The van der Waals surface area contributed by atoms with Gasteiger partial charge in [0.05, 0.1) is 24.8 Å². The number of Topliss-reactive ketones (excluding diaryl/α,β-unsaturated/α-hetero) is 1. The van der Waals surface area contributed by atoms with Crippen molar-refractivity contribution in [1.29, 1.82) is 0 Å². The van der Waals surface area contributed by atoms with Crippen LogP contribution in [0.3, 0.4) is 0 Å². The molecule has 3 aliphatic heterocycles. The molecule has 3 saturated heterocycles. The van der Waals surface area contributed by atoms with E-state index in [9.17, 15) is 49.0 Å². The Kier molecular flexibility index (Phi) is 12.7. The number of amides is 6. The molecular weight excluding hydrogens is 680 g/mol. The molecule has 52 heavy (non-hydrogen) atoms. The number of nitrogens with one attached hydrogen (secondary N) is 3. The molecule has 4 rings (SSSR count). The zero-order chi connectivity index (χ0) is 38.7. The lowest BCUT2D eigenvalue weighted by Gasteiger charge is -2.46. The number of hydrogen-bond acceptors (Lipinski definition) is 12. The van der Waals surface area contributed by atoms with Crippen molar-refractivity contribution in [3.63, 3.8) is 0 Å². The average Bonchev–Trinajstić information content (AvgIpc) is 3.09. The van der Waals surface area contributed by atoms with Gasteiger partial charge in [-0.25, -0.2) is 15.9 Å². The van der Waals surface area contributed by atoms with Crippen LogP contribution in [0, 0.1) is 5.92 Å². The fourth-order valence-electron chi connectivity index (χ4n) is 6.82. The first-order chi connectivity index (χ1) is 24.4. The lowest BCUT2D eigenvalue weighted by atomic mass is 9.92. The number of nitrogens with zero attached hydrogens (tertiary/aromatic N) is 5. The highest BCUT2D eigenvalue weighted by atomic mass is 16.5. The maximum Gasteiger partial charge on any atom is 0.269 e. The zero-order valence-corrected chi connectivity index (χ0v) is 30.3. The van der Waals surface area contributed by atoms with E-state index < -0.39 is 102 Å². The maximum atomic E-state index is 14.4. The first-order valence-corrected chi connectivity index (χ1v) is 17.3. The third-order valence-corrected chi connectivity index (χ3v) is 9.76. The Labute approximate surface area is 301 Å². The van der Waals surface area contributed by atoms with E-state index in [0.717, 1.165) is 19.8 Å². The molecule has 3 heterocycles. The highest BCUT2D eigenvalue weighted by Crippen LogP contribution is 2.26. The Morgan fingerprint density at radius 1 is 0.885 bits per heavy atom. The highest BCUT2D eigenvalue weighted by Gasteiger charge is 2.50. The van der Waals surface area contributed by atoms with Crippen molar-refractivity contribution < 1.29 is 49.0 Å². The van der Waals surface area contributed by atoms with Crippen LogP contribution in [0.1, 0.15) is 52.5 Å². The molecule has 0 aliphatic carbocycles. The van der Waals surface area contributed by atoms with Gasteiger partial charge < -0.3 is 25.3 Å². The van der Waals surface area contributed by atoms with Crippen LogP contribution in [-0.4, -0.2) is 157 Å². The average molecular weight is 731 g/mol. The van der Waals surface area contributed by atoms with E-state index in [4.69, 9.17) is 0 Å². The Hall–Kier alpha value is -4.49. The summed E-state index contributed by atoms with van der Waals surface area (Å²) in [6, 6.07) is 0.897. The number of likely N-dealkylation sites (N-methyl/N-ethyl adjacent to an activating group) is 2. The van der Waals surface area contributed by atoms with Crippen LogP contribution in [-0.2, 0) is 40.0 Å². The number of hydroxylamine groups is 2. The van der Waals surface area contributed by atoms with E-state index in [-0.39, 0.29) is 37.4 Å². The van der Waals surface area contributed by atoms with Crippen LogP contribution in [0.25, 0.3) is 0 Å². The molecular formula is C34H50N8O10. The van der Waals surface area contributed by atoms with Gasteiger partial charge in [-0.3, -0.25) is 48.8 Å². The fourth-order valence-corrected chi connectivity index (χ4v) is 6.82. The molecule has 3 fully saturated rings. The molecule has 0 spiro atoms. The summed E-state index contributed by atoms with van der Waals surface area (Å²) in [5.74, 6) is -6.58. The van der Waals surface area contributed by atoms with Crippen molar-refractivity contribution in [1.82, 2.24) is 41.0 Å². The maximum absolute atomic E-state index is 14.4. The molecule has 286 valence electrons. The lowest BCUT2D eigenvalue weighted by molar-refractivity contribution is -0.193. The minimum Gasteiger partial charge on any atom is -0.392 e. The summed E-state index contributed by atoms with van der Waals surface area (Å²) >= 11 is 0. The van der Waals surface area contributed by atoms with Crippen LogP contribution < -0.4 is 16.2 Å². The van der Waals surface area contributed by atoms with Gasteiger partial charge in [-0.15, -0.1) is 0 Å². The van der Waals surface area contributed by atoms with Gasteiger partial charge in [-0.05, 0) is 25.3 Å². The van der Waals surface area contributed by atoms with Gasteiger partial charge in [0.25, 0.3) is 17.7 Å². The van der Waals surface area contributed by atoms with Gasteiger partial charge in [0.15, 0.2) is 5.78 Å². The molecule has 6 N–H and O–H groups in total. The van der Waals surface area contributed by atoms with E-state index in [1.807, 2.05) is 0 Å². The third-order valence-electron chi connectivity index (χ3n) is 9.76. The molecule has 18 nitrogen and oxygen atoms in total. The smallest absolute Gasteiger partial charge is 0.269 e. The monoisotopic (exact) mass is 730 g/mol. The first-order valence-electron chi connectivity index (χ1n) is 17.3. The minimum atomic E-state index is -1.96. The number of hydrogen-bond donors (Lipinski definition) is 6. The minimum absolute atomic E-state index is 0.108. The molecule has 6 amide bonds. The largest absolute Gasteiger partial charge is 0.392 e. The van der Waals surface area contributed by atoms with Crippen molar-refractivity contribution in [3.8, 4) is 0 Å². The van der Waals surface area contributed by atoms with Gasteiger partial charge in [0, 0.05) is 39.9 Å². The summed E-state index contributed by atoms with van der Waals surface area (Å²) in [5.41, 5.74) is 4.00. The zero-order valence-electron chi connectivity index (χ0n) is 30.3. The second-order valence-corrected chi connectivity index (χ2v) is 14.3. The van der Waals surface area contributed by atoms with Gasteiger partial charge in [-0.2, -0.15) is 0 Å². The van der Waals surface area contributed by atoms with Gasteiger partial charge >= 0.3 is 0 Å². The number of aliphatic hydroxyl groups is 2. The number of β-amino-alcohol motifs (C(OH)–C–C–N with tert-alkyl or cyclic N) is 1. The van der Waals surface area contributed by atoms with Crippen molar-refractivity contribution in [3.05, 3.63) is 35.9 Å². The van der Waals surface area contributed by atoms with Crippen LogP contribution in [0.4, 0.5) is 0 Å². The standard InChI is InChI=1S/C34H50N8O10/c1-7-19(2)27-32(49)40-25(15-22(44)16-35-40)31(48)39(6)28(34(3,4)51)33(50)41-24(14-21(43)17-36-41)30(47)38(5)18-26(45)37-23(29(46)42(27)52)13-20-11-9-8-10-12-20/h8-12,19,21,23-25,27-28,35-36,43,51-52H,7,13-18H2,1-6H3,(H,37,45)/t19-,21-,23-,24-,25-,27-,28-/m1/s1.